The highest BCUT2D eigenvalue weighted by molar-refractivity contribution is 7.92. The Morgan fingerprint density at radius 3 is 2.26 bits per heavy atom. The van der Waals surface area contributed by atoms with E-state index in [9.17, 15) is 18.0 Å². The van der Waals surface area contributed by atoms with Crippen molar-refractivity contribution in [1.82, 2.24) is 10.2 Å². The van der Waals surface area contributed by atoms with E-state index in [4.69, 9.17) is 16.3 Å². The van der Waals surface area contributed by atoms with E-state index in [1.165, 1.54) is 43.3 Å². The van der Waals surface area contributed by atoms with Crippen molar-refractivity contribution in [2.75, 3.05) is 25.0 Å². The third-order valence-corrected chi connectivity index (χ3v) is 8.35. The topological polar surface area (TPSA) is 96.0 Å². The van der Waals surface area contributed by atoms with E-state index in [0.717, 1.165) is 15.4 Å². The molecule has 0 bridgehead atoms. The van der Waals surface area contributed by atoms with E-state index in [0.29, 0.717) is 12.2 Å². The molecule has 1 atom stereocenters. The minimum absolute atomic E-state index is 0.0172. The Morgan fingerprint density at radius 1 is 1.03 bits per heavy atom. The zero-order valence-electron chi connectivity index (χ0n) is 21.8. The Kier molecular flexibility index (Phi) is 9.77. The van der Waals surface area contributed by atoms with Crippen LogP contribution in [0.15, 0.2) is 77.7 Å². The van der Waals surface area contributed by atoms with Crippen LogP contribution >= 0.6 is 11.6 Å². The molecule has 1 N–H and O–H groups in total. The number of benzene rings is 3. The van der Waals surface area contributed by atoms with E-state index in [2.05, 4.69) is 5.32 Å². The second-order valence-electron chi connectivity index (χ2n) is 8.63. The first-order valence-corrected chi connectivity index (χ1v) is 13.9. The minimum atomic E-state index is -4.17. The molecule has 0 saturated carbocycles. The van der Waals surface area contributed by atoms with Gasteiger partial charge in [0.25, 0.3) is 10.0 Å². The number of nitrogens with zero attached hydrogens (tertiary/aromatic N) is 2. The van der Waals surface area contributed by atoms with Crippen LogP contribution in [-0.2, 0) is 26.2 Å². The summed E-state index contributed by atoms with van der Waals surface area (Å²) in [6.45, 7) is 3.32. The molecule has 202 valence electrons. The molecular formula is C28H32ClN3O5S. The summed E-state index contributed by atoms with van der Waals surface area (Å²) in [4.78, 5) is 28.2. The van der Waals surface area contributed by atoms with Crippen molar-refractivity contribution in [2.24, 2.45) is 0 Å². The Labute approximate surface area is 229 Å². The molecule has 1 unspecified atom stereocenters. The number of carbonyl (C=O) groups is 2. The molecule has 3 aromatic rings. The monoisotopic (exact) mass is 557 g/mol. The zero-order chi connectivity index (χ0) is 27.9. The maximum Gasteiger partial charge on any atom is 0.264 e. The van der Waals surface area contributed by atoms with Gasteiger partial charge in [-0.3, -0.25) is 13.9 Å². The minimum Gasteiger partial charge on any atom is -0.495 e. The predicted octanol–water partition coefficient (Wildman–Crippen LogP) is 4.41. The van der Waals surface area contributed by atoms with Crippen LogP contribution in [0.4, 0.5) is 5.69 Å². The fraction of sp³-hybridized carbons (Fsp3) is 0.286. The molecule has 3 aromatic carbocycles. The van der Waals surface area contributed by atoms with Crippen molar-refractivity contribution in [3.8, 4) is 5.75 Å². The standard InChI is InChI=1S/C28H32ClN3O5S/c1-5-25(28(34)30-3)31(18-21-12-10-9-11-20(21)2)27(33)19-32(22-15-16-26(37-4)24(29)17-22)38(35,36)23-13-7-6-8-14-23/h6-17,25H,5,18-19H2,1-4H3,(H,30,34). The lowest BCUT2D eigenvalue weighted by atomic mass is 10.1. The summed E-state index contributed by atoms with van der Waals surface area (Å²) in [5.41, 5.74) is 2.00. The van der Waals surface area contributed by atoms with Crippen molar-refractivity contribution < 1.29 is 22.7 Å². The third-order valence-electron chi connectivity index (χ3n) is 6.27. The van der Waals surface area contributed by atoms with Gasteiger partial charge >= 0.3 is 0 Å². The number of likely N-dealkylation sites (N-methyl/N-ethyl adjacent to an activating group) is 1. The van der Waals surface area contributed by atoms with Gasteiger partial charge in [0.2, 0.25) is 11.8 Å². The van der Waals surface area contributed by atoms with Gasteiger partial charge in [0, 0.05) is 13.6 Å². The van der Waals surface area contributed by atoms with Gasteiger partial charge < -0.3 is 15.0 Å². The van der Waals surface area contributed by atoms with Gasteiger partial charge in [0.1, 0.15) is 18.3 Å². The first kappa shape index (κ1) is 29.0. The quantitative estimate of drug-likeness (QED) is 0.377. The summed E-state index contributed by atoms with van der Waals surface area (Å²) in [5, 5.41) is 2.81. The number of halogens is 1. The average Bonchev–Trinajstić information content (AvgIpc) is 2.92. The normalized spacial score (nSPS) is 11.9. The number of methoxy groups -OCH3 is 1. The van der Waals surface area contributed by atoms with Crippen LogP contribution in [0.1, 0.15) is 24.5 Å². The van der Waals surface area contributed by atoms with Crippen molar-refractivity contribution in [3.63, 3.8) is 0 Å². The van der Waals surface area contributed by atoms with Crippen molar-refractivity contribution in [3.05, 3.63) is 88.9 Å². The highest BCUT2D eigenvalue weighted by Gasteiger charge is 2.33. The summed E-state index contributed by atoms with van der Waals surface area (Å²) in [6.07, 6.45) is 0.344. The molecule has 0 saturated heterocycles. The van der Waals surface area contributed by atoms with E-state index in [1.807, 2.05) is 31.2 Å². The van der Waals surface area contributed by atoms with Gasteiger partial charge in [-0.05, 0) is 54.8 Å². The van der Waals surface area contributed by atoms with Gasteiger partial charge in [-0.25, -0.2) is 8.42 Å². The number of carbonyl (C=O) groups excluding carboxylic acids is 2. The lowest BCUT2D eigenvalue weighted by molar-refractivity contribution is -0.140. The smallest absolute Gasteiger partial charge is 0.264 e. The number of hydrogen-bond donors (Lipinski definition) is 1. The molecule has 0 aliphatic heterocycles. The predicted molar refractivity (Wildman–Crippen MR) is 149 cm³/mol. The van der Waals surface area contributed by atoms with Gasteiger partial charge in [0.05, 0.1) is 22.7 Å². The van der Waals surface area contributed by atoms with Crippen LogP contribution in [0.3, 0.4) is 0 Å². The summed E-state index contributed by atoms with van der Waals surface area (Å²) in [7, 11) is -1.21. The molecule has 10 heteroatoms. The molecule has 38 heavy (non-hydrogen) atoms. The largest absolute Gasteiger partial charge is 0.495 e. The molecular weight excluding hydrogens is 526 g/mol. The Bertz CT molecular complexity index is 1380. The van der Waals surface area contributed by atoms with Gasteiger partial charge in [-0.15, -0.1) is 0 Å². The molecule has 8 nitrogen and oxygen atoms in total. The highest BCUT2D eigenvalue weighted by Crippen LogP contribution is 2.32. The zero-order valence-corrected chi connectivity index (χ0v) is 23.4. The lowest BCUT2D eigenvalue weighted by Crippen LogP contribution is -2.51. The average molecular weight is 558 g/mol. The Hall–Kier alpha value is -3.56. The number of ether oxygens (including phenoxy) is 1. The number of nitrogens with one attached hydrogen (secondary N) is 1. The fourth-order valence-corrected chi connectivity index (χ4v) is 5.79. The Morgan fingerprint density at radius 2 is 1.68 bits per heavy atom. The maximum atomic E-state index is 13.9. The van der Waals surface area contributed by atoms with Crippen molar-refractivity contribution in [2.45, 2.75) is 37.8 Å². The van der Waals surface area contributed by atoms with Crippen LogP contribution in [-0.4, -0.2) is 51.9 Å². The second kappa shape index (κ2) is 12.8. The van der Waals surface area contributed by atoms with E-state index in [1.54, 1.807) is 31.2 Å². The first-order chi connectivity index (χ1) is 18.1. The molecule has 2 amide bonds. The summed E-state index contributed by atoms with van der Waals surface area (Å²) < 4.78 is 33.8. The molecule has 0 radical (unpaired) electrons. The molecule has 0 aliphatic carbocycles. The van der Waals surface area contributed by atoms with Crippen LogP contribution in [0, 0.1) is 6.92 Å². The van der Waals surface area contributed by atoms with E-state index >= 15 is 0 Å². The first-order valence-electron chi connectivity index (χ1n) is 12.1. The number of anilines is 1. The molecule has 0 spiro atoms. The van der Waals surface area contributed by atoms with Gasteiger partial charge in [-0.1, -0.05) is 61.0 Å². The number of hydrogen-bond acceptors (Lipinski definition) is 5. The highest BCUT2D eigenvalue weighted by atomic mass is 35.5. The number of amides is 2. The molecule has 0 heterocycles. The fourth-order valence-electron chi connectivity index (χ4n) is 4.12. The van der Waals surface area contributed by atoms with Crippen LogP contribution in [0.25, 0.3) is 0 Å². The second-order valence-corrected chi connectivity index (χ2v) is 10.9. The van der Waals surface area contributed by atoms with E-state index < -0.39 is 28.5 Å². The van der Waals surface area contributed by atoms with Crippen LogP contribution in [0.2, 0.25) is 5.02 Å². The van der Waals surface area contributed by atoms with Crippen LogP contribution < -0.4 is 14.4 Å². The summed E-state index contributed by atoms with van der Waals surface area (Å²) >= 11 is 6.33. The van der Waals surface area contributed by atoms with Crippen LogP contribution in [0.5, 0.6) is 5.75 Å². The Balaban J connectivity index is 2.09. The molecule has 0 aliphatic rings. The number of rotatable bonds is 11. The van der Waals surface area contributed by atoms with Gasteiger partial charge in [-0.2, -0.15) is 0 Å². The summed E-state index contributed by atoms with van der Waals surface area (Å²) in [5.74, 6) is -0.500. The molecule has 0 fully saturated rings. The van der Waals surface area contributed by atoms with Crippen molar-refractivity contribution in [1.29, 1.82) is 0 Å². The maximum absolute atomic E-state index is 13.9. The lowest BCUT2D eigenvalue weighted by Gasteiger charge is -2.33. The SMILES string of the molecule is CCC(C(=O)NC)N(Cc1ccccc1C)C(=O)CN(c1ccc(OC)c(Cl)c1)S(=O)(=O)c1ccccc1. The summed E-state index contributed by atoms with van der Waals surface area (Å²) in [6, 6.07) is 19.1. The number of aryl methyl sites for hydroxylation is 1. The number of sulfonamides is 1. The third kappa shape index (κ3) is 6.46. The van der Waals surface area contributed by atoms with Crippen molar-refractivity contribution >= 4 is 39.1 Å². The molecule has 0 aromatic heterocycles. The van der Waals surface area contributed by atoms with Gasteiger partial charge in [0.15, 0.2) is 0 Å². The molecule has 3 rings (SSSR count). The van der Waals surface area contributed by atoms with E-state index in [-0.39, 0.29) is 28.1 Å².